The number of nitrogens with one attached hydrogen (secondary N) is 1. The van der Waals surface area contributed by atoms with Crippen LogP contribution in [0.25, 0.3) is 5.52 Å². The molecular weight excluding hydrogens is 278 g/mol. The van der Waals surface area contributed by atoms with Crippen molar-refractivity contribution in [2.45, 2.75) is 38.1 Å². The van der Waals surface area contributed by atoms with Crippen LogP contribution in [0.4, 0.5) is 17.6 Å². The second-order valence-electron chi connectivity index (χ2n) is 5.78. The van der Waals surface area contributed by atoms with Crippen molar-refractivity contribution in [2.75, 3.05) is 11.1 Å². The quantitative estimate of drug-likeness (QED) is 0.776. The SMILES string of the molecule is Nc1nc(Nc2cn(C3CCCCC3)cn2)c2cccn2n1. The van der Waals surface area contributed by atoms with Gasteiger partial charge in [-0.3, -0.25) is 0 Å². The van der Waals surface area contributed by atoms with Crippen LogP contribution in [0.15, 0.2) is 30.9 Å². The van der Waals surface area contributed by atoms with Gasteiger partial charge in [-0.1, -0.05) is 19.3 Å². The van der Waals surface area contributed by atoms with Crippen LogP contribution in [0.1, 0.15) is 38.1 Å². The minimum absolute atomic E-state index is 0.234. The van der Waals surface area contributed by atoms with Crippen molar-refractivity contribution >= 4 is 23.1 Å². The van der Waals surface area contributed by atoms with Crippen LogP contribution >= 0.6 is 0 Å². The maximum atomic E-state index is 5.75. The van der Waals surface area contributed by atoms with Crippen LogP contribution in [0.2, 0.25) is 0 Å². The lowest BCUT2D eigenvalue weighted by Crippen LogP contribution is -2.10. The minimum Gasteiger partial charge on any atom is -0.366 e. The lowest BCUT2D eigenvalue weighted by atomic mass is 9.95. The topological polar surface area (TPSA) is 86.1 Å². The summed E-state index contributed by atoms with van der Waals surface area (Å²) in [6.45, 7) is 0. The van der Waals surface area contributed by atoms with E-state index in [-0.39, 0.29) is 5.95 Å². The molecule has 0 aromatic carbocycles. The Hall–Kier alpha value is -2.57. The number of anilines is 3. The molecule has 0 bridgehead atoms. The minimum atomic E-state index is 0.234. The van der Waals surface area contributed by atoms with E-state index in [9.17, 15) is 0 Å². The highest BCUT2D eigenvalue weighted by molar-refractivity contribution is 5.72. The average molecular weight is 297 g/mol. The number of nitrogen functional groups attached to an aromatic ring is 1. The third-order valence-corrected chi connectivity index (χ3v) is 4.25. The maximum absolute atomic E-state index is 5.75. The molecule has 114 valence electrons. The fourth-order valence-corrected chi connectivity index (χ4v) is 3.15. The van der Waals surface area contributed by atoms with Gasteiger partial charge in [0, 0.05) is 18.4 Å². The van der Waals surface area contributed by atoms with E-state index in [0.29, 0.717) is 11.9 Å². The van der Waals surface area contributed by atoms with E-state index in [0.717, 1.165) is 11.3 Å². The van der Waals surface area contributed by atoms with E-state index in [4.69, 9.17) is 5.73 Å². The van der Waals surface area contributed by atoms with Crippen molar-refractivity contribution in [2.24, 2.45) is 0 Å². The lowest BCUT2D eigenvalue weighted by molar-refractivity contribution is 0.353. The molecule has 0 aliphatic heterocycles. The zero-order valence-corrected chi connectivity index (χ0v) is 12.3. The highest BCUT2D eigenvalue weighted by Crippen LogP contribution is 2.29. The number of rotatable bonds is 3. The molecule has 3 heterocycles. The zero-order valence-electron chi connectivity index (χ0n) is 12.3. The molecular formula is C15H19N7. The summed E-state index contributed by atoms with van der Waals surface area (Å²) in [4.78, 5) is 8.72. The monoisotopic (exact) mass is 297 g/mol. The molecule has 1 aliphatic carbocycles. The Morgan fingerprint density at radius 1 is 1.23 bits per heavy atom. The average Bonchev–Trinajstić information content (AvgIpc) is 3.17. The number of aromatic nitrogens is 5. The molecule has 0 spiro atoms. The first-order chi connectivity index (χ1) is 10.8. The molecule has 3 aromatic rings. The molecule has 22 heavy (non-hydrogen) atoms. The standard InChI is InChI=1S/C15H19N7/c16-15-19-14(12-7-4-8-22(12)20-15)18-13-9-21(10-17-13)11-5-2-1-3-6-11/h4,7-11H,1-3,5-6H2,(H3,16,18,19,20). The fraction of sp³-hybridized carbons (Fsp3) is 0.400. The molecule has 4 rings (SSSR count). The van der Waals surface area contributed by atoms with Gasteiger partial charge in [0.1, 0.15) is 11.3 Å². The summed E-state index contributed by atoms with van der Waals surface area (Å²) in [5, 5.41) is 7.38. The fourth-order valence-electron chi connectivity index (χ4n) is 3.15. The van der Waals surface area contributed by atoms with Crippen molar-refractivity contribution in [1.29, 1.82) is 0 Å². The number of hydrogen-bond acceptors (Lipinski definition) is 5. The van der Waals surface area contributed by atoms with Gasteiger partial charge in [-0.2, -0.15) is 4.98 Å². The first kappa shape index (κ1) is 13.1. The van der Waals surface area contributed by atoms with Crippen molar-refractivity contribution in [3.05, 3.63) is 30.9 Å². The van der Waals surface area contributed by atoms with Gasteiger partial charge in [-0.25, -0.2) is 9.50 Å². The Balaban J connectivity index is 1.60. The van der Waals surface area contributed by atoms with E-state index in [1.54, 1.807) is 4.52 Å². The second kappa shape index (κ2) is 5.32. The number of nitrogens with zero attached hydrogens (tertiary/aromatic N) is 5. The normalized spacial score (nSPS) is 16.2. The lowest BCUT2D eigenvalue weighted by Gasteiger charge is -2.22. The van der Waals surface area contributed by atoms with Gasteiger partial charge in [0.05, 0.1) is 6.33 Å². The summed E-state index contributed by atoms with van der Waals surface area (Å²) in [6, 6.07) is 4.43. The van der Waals surface area contributed by atoms with Gasteiger partial charge in [0.25, 0.3) is 0 Å². The summed E-state index contributed by atoms with van der Waals surface area (Å²) in [6.07, 6.45) is 12.2. The van der Waals surface area contributed by atoms with Crippen molar-refractivity contribution < 1.29 is 0 Å². The van der Waals surface area contributed by atoms with Crippen molar-refractivity contribution in [3.63, 3.8) is 0 Å². The van der Waals surface area contributed by atoms with Crippen LogP contribution in [0, 0.1) is 0 Å². The summed E-state index contributed by atoms with van der Waals surface area (Å²) in [7, 11) is 0. The maximum Gasteiger partial charge on any atom is 0.240 e. The molecule has 3 aromatic heterocycles. The second-order valence-corrected chi connectivity index (χ2v) is 5.78. The van der Waals surface area contributed by atoms with E-state index in [2.05, 4.69) is 25.0 Å². The van der Waals surface area contributed by atoms with E-state index < -0.39 is 0 Å². The van der Waals surface area contributed by atoms with E-state index >= 15 is 0 Å². The van der Waals surface area contributed by atoms with Crippen molar-refractivity contribution in [1.82, 2.24) is 24.1 Å². The molecule has 0 saturated heterocycles. The predicted molar refractivity (Wildman–Crippen MR) is 85.0 cm³/mol. The van der Waals surface area contributed by atoms with E-state index in [1.165, 1.54) is 32.1 Å². The molecule has 1 aliphatic rings. The molecule has 1 saturated carbocycles. The Labute approximate surface area is 128 Å². The molecule has 0 radical (unpaired) electrons. The van der Waals surface area contributed by atoms with Gasteiger partial charge in [0.15, 0.2) is 5.82 Å². The first-order valence-corrected chi connectivity index (χ1v) is 7.71. The highest BCUT2D eigenvalue weighted by Gasteiger charge is 2.16. The Bertz CT molecular complexity index is 782. The van der Waals surface area contributed by atoms with Gasteiger partial charge >= 0.3 is 0 Å². The van der Waals surface area contributed by atoms with Crippen LogP contribution < -0.4 is 11.1 Å². The van der Waals surface area contributed by atoms with Crippen LogP contribution in [0.3, 0.4) is 0 Å². The summed E-state index contributed by atoms with van der Waals surface area (Å²) in [5.74, 6) is 1.69. The Morgan fingerprint density at radius 3 is 2.95 bits per heavy atom. The summed E-state index contributed by atoms with van der Waals surface area (Å²) in [5.41, 5.74) is 6.63. The number of hydrogen-bond donors (Lipinski definition) is 2. The molecule has 3 N–H and O–H groups in total. The van der Waals surface area contributed by atoms with Crippen LogP contribution in [-0.2, 0) is 0 Å². The molecule has 1 fully saturated rings. The molecule has 7 nitrogen and oxygen atoms in total. The van der Waals surface area contributed by atoms with Gasteiger partial charge in [-0.15, -0.1) is 5.10 Å². The summed E-state index contributed by atoms with van der Waals surface area (Å²) >= 11 is 0. The highest BCUT2D eigenvalue weighted by atomic mass is 15.3. The Kier molecular flexibility index (Phi) is 3.17. The number of nitrogens with two attached hydrogens (primary N) is 1. The van der Waals surface area contributed by atoms with Crippen molar-refractivity contribution in [3.8, 4) is 0 Å². The third-order valence-electron chi connectivity index (χ3n) is 4.25. The molecule has 0 amide bonds. The van der Waals surface area contributed by atoms with Gasteiger partial charge in [-0.05, 0) is 25.0 Å². The van der Waals surface area contributed by atoms with Gasteiger partial charge in [0.2, 0.25) is 5.95 Å². The van der Waals surface area contributed by atoms with Crippen LogP contribution in [0.5, 0.6) is 0 Å². The molecule has 0 atom stereocenters. The zero-order chi connectivity index (χ0) is 14.9. The smallest absolute Gasteiger partial charge is 0.240 e. The first-order valence-electron chi connectivity index (χ1n) is 7.71. The van der Waals surface area contributed by atoms with Crippen LogP contribution in [-0.4, -0.2) is 24.1 Å². The van der Waals surface area contributed by atoms with Gasteiger partial charge < -0.3 is 15.6 Å². The Morgan fingerprint density at radius 2 is 2.09 bits per heavy atom. The third kappa shape index (κ3) is 2.38. The van der Waals surface area contributed by atoms with E-state index in [1.807, 2.05) is 30.9 Å². The molecule has 7 heteroatoms. The predicted octanol–water partition coefficient (Wildman–Crippen LogP) is 2.76. The summed E-state index contributed by atoms with van der Waals surface area (Å²) < 4.78 is 3.92. The largest absolute Gasteiger partial charge is 0.366 e. The molecule has 0 unspecified atom stereocenters. The number of imidazole rings is 1. The number of fused-ring (bicyclic) bond motifs is 1.